The summed E-state index contributed by atoms with van der Waals surface area (Å²) in [6.45, 7) is 11.7. The predicted octanol–water partition coefficient (Wildman–Crippen LogP) is 1.36. The predicted molar refractivity (Wildman–Crippen MR) is 71.8 cm³/mol. The van der Waals surface area contributed by atoms with Crippen LogP contribution in [0.1, 0.15) is 41.5 Å². The minimum Gasteiger partial charge on any atom is -0.367 e. The number of rotatable bonds is 4. The van der Waals surface area contributed by atoms with Crippen LogP contribution in [0.15, 0.2) is 0 Å². The Balaban J connectivity index is 4.48. The average Bonchev–Trinajstić information content (AvgIpc) is 1.96. The number of amides is 1. The molecular weight excluding hydrogens is 238 g/mol. The second-order valence-corrected chi connectivity index (χ2v) is 8.03. The van der Waals surface area contributed by atoms with Gasteiger partial charge in [-0.25, -0.2) is 0 Å². The van der Waals surface area contributed by atoms with E-state index in [2.05, 4.69) is 5.32 Å². The topological polar surface area (TPSA) is 69.6 Å². The number of aliphatic hydroxyl groups is 2. The normalized spacial score (nSPS) is 14.9. The van der Waals surface area contributed by atoms with Crippen LogP contribution >= 0.6 is 11.8 Å². The number of thioether (sulfide) groups is 1. The van der Waals surface area contributed by atoms with Gasteiger partial charge in [0.15, 0.2) is 6.29 Å². The van der Waals surface area contributed by atoms with E-state index in [9.17, 15) is 15.0 Å². The Morgan fingerprint density at radius 1 is 1.18 bits per heavy atom. The Morgan fingerprint density at radius 2 is 1.65 bits per heavy atom. The summed E-state index contributed by atoms with van der Waals surface area (Å²) in [4.78, 5) is 11.9. The molecule has 0 rings (SSSR count). The van der Waals surface area contributed by atoms with Gasteiger partial charge in [0.25, 0.3) is 0 Å². The van der Waals surface area contributed by atoms with Gasteiger partial charge in [-0.3, -0.25) is 4.79 Å². The highest BCUT2D eigenvalue weighted by molar-refractivity contribution is 8.00. The maximum absolute atomic E-state index is 11.9. The second-order valence-electron chi connectivity index (χ2n) is 6.18. The summed E-state index contributed by atoms with van der Waals surface area (Å²) >= 11 is 1.54. The highest BCUT2D eigenvalue weighted by atomic mass is 32.2. The van der Waals surface area contributed by atoms with Gasteiger partial charge in [0, 0.05) is 16.0 Å². The van der Waals surface area contributed by atoms with E-state index < -0.39 is 12.2 Å². The van der Waals surface area contributed by atoms with Crippen LogP contribution in [0.5, 0.6) is 0 Å². The van der Waals surface area contributed by atoms with Gasteiger partial charge >= 0.3 is 0 Å². The van der Waals surface area contributed by atoms with Gasteiger partial charge in [-0.2, -0.15) is 11.8 Å². The third-order valence-electron chi connectivity index (χ3n) is 1.89. The summed E-state index contributed by atoms with van der Waals surface area (Å²) in [5.41, 5.74) is -0.364. The maximum atomic E-state index is 11.9. The van der Waals surface area contributed by atoms with Gasteiger partial charge in [-0.05, 0) is 20.8 Å². The van der Waals surface area contributed by atoms with Gasteiger partial charge in [-0.1, -0.05) is 20.8 Å². The molecule has 0 bridgehead atoms. The van der Waals surface area contributed by atoms with E-state index in [0.717, 1.165) is 0 Å². The van der Waals surface area contributed by atoms with Gasteiger partial charge in [0.1, 0.15) is 0 Å². The summed E-state index contributed by atoms with van der Waals surface area (Å²) in [7, 11) is 0. The van der Waals surface area contributed by atoms with Crippen molar-refractivity contribution >= 4 is 17.7 Å². The summed E-state index contributed by atoms with van der Waals surface area (Å²) in [6, 6.07) is 0. The molecular formula is C12H25NO3S. The van der Waals surface area contributed by atoms with Crippen LogP contribution < -0.4 is 5.32 Å². The van der Waals surface area contributed by atoms with Gasteiger partial charge in [0.05, 0.1) is 5.92 Å². The molecule has 0 aromatic carbocycles. The van der Waals surface area contributed by atoms with Crippen molar-refractivity contribution < 1.29 is 15.0 Å². The standard InChI is InChI=1S/C12H25NO3S/c1-11(2,3)13-9(14)8(10(15)16)7-17-12(4,5)6/h8,10,15-16H,7H2,1-6H3,(H,13,14). The first-order chi connectivity index (χ1) is 7.42. The molecule has 0 saturated carbocycles. The molecule has 4 nitrogen and oxygen atoms in total. The molecule has 0 aromatic rings. The van der Waals surface area contributed by atoms with E-state index in [1.165, 1.54) is 0 Å². The van der Waals surface area contributed by atoms with E-state index in [-0.39, 0.29) is 16.2 Å². The Labute approximate surface area is 108 Å². The molecule has 3 N–H and O–H groups in total. The van der Waals surface area contributed by atoms with Gasteiger partial charge in [0.2, 0.25) is 5.91 Å². The van der Waals surface area contributed by atoms with Crippen molar-refractivity contribution in [1.82, 2.24) is 5.32 Å². The first-order valence-electron chi connectivity index (χ1n) is 5.74. The number of carbonyl (C=O) groups excluding carboxylic acids is 1. The number of hydrogen-bond donors (Lipinski definition) is 3. The fourth-order valence-electron chi connectivity index (χ4n) is 1.10. The van der Waals surface area contributed by atoms with Crippen molar-refractivity contribution in [2.75, 3.05) is 5.75 Å². The summed E-state index contributed by atoms with van der Waals surface area (Å²) in [5, 5.41) is 21.3. The van der Waals surface area contributed by atoms with Crippen molar-refractivity contribution in [3.63, 3.8) is 0 Å². The monoisotopic (exact) mass is 263 g/mol. The smallest absolute Gasteiger partial charge is 0.229 e. The number of carbonyl (C=O) groups is 1. The average molecular weight is 263 g/mol. The molecule has 0 aromatic heterocycles. The van der Waals surface area contributed by atoms with E-state index in [0.29, 0.717) is 5.75 Å². The zero-order chi connectivity index (χ0) is 13.9. The summed E-state index contributed by atoms with van der Waals surface area (Å²) in [6.07, 6.45) is -1.62. The van der Waals surface area contributed by atoms with Gasteiger partial charge < -0.3 is 15.5 Å². The minimum atomic E-state index is -1.62. The van der Waals surface area contributed by atoms with Crippen molar-refractivity contribution in [3.05, 3.63) is 0 Å². The first-order valence-corrected chi connectivity index (χ1v) is 6.73. The highest BCUT2D eigenvalue weighted by Crippen LogP contribution is 2.26. The number of hydrogen-bond acceptors (Lipinski definition) is 4. The van der Waals surface area contributed by atoms with Crippen LogP contribution in [0, 0.1) is 5.92 Å². The third kappa shape index (κ3) is 8.46. The molecule has 0 spiro atoms. The Hall–Kier alpha value is -0.260. The van der Waals surface area contributed by atoms with E-state index >= 15 is 0 Å². The lowest BCUT2D eigenvalue weighted by Gasteiger charge is -2.27. The molecule has 0 heterocycles. The summed E-state index contributed by atoms with van der Waals surface area (Å²) < 4.78 is -0.00481. The Kier molecular flexibility index (Phi) is 5.98. The molecule has 1 amide bonds. The molecule has 5 heteroatoms. The van der Waals surface area contributed by atoms with Crippen molar-refractivity contribution in [2.24, 2.45) is 5.92 Å². The van der Waals surface area contributed by atoms with E-state index in [4.69, 9.17) is 0 Å². The molecule has 0 aliphatic heterocycles. The summed E-state index contributed by atoms with van der Waals surface area (Å²) in [5.74, 6) is -0.717. The molecule has 0 fully saturated rings. The van der Waals surface area contributed by atoms with Crippen LogP contribution in [-0.2, 0) is 4.79 Å². The van der Waals surface area contributed by atoms with Crippen molar-refractivity contribution in [1.29, 1.82) is 0 Å². The first kappa shape index (κ1) is 16.7. The Bertz CT molecular complexity index is 253. The largest absolute Gasteiger partial charge is 0.367 e. The lowest BCUT2D eigenvalue weighted by molar-refractivity contribution is -0.140. The third-order valence-corrected chi connectivity index (χ3v) is 3.28. The SMILES string of the molecule is CC(C)(C)NC(=O)C(CSC(C)(C)C)C(O)O. The molecule has 1 unspecified atom stereocenters. The number of nitrogens with one attached hydrogen (secondary N) is 1. The van der Waals surface area contributed by atoms with Crippen LogP contribution in [0.25, 0.3) is 0 Å². The van der Waals surface area contributed by atoms with Crippen LogP contribution in [0.4, 0.5) is 0 Å². The molecule has 102 valence electrons. The Morgan fingerprint density at radius 3 is 1.94 bits per heavy atom. The molecule has 0 saturated heterocycles. The fourth-order valence-corrected chi connectivity index (χ4v) is 2.10. The highest BCUT2D eigenvalue weighted by Gasteiger charge is 2.29. The van der Waals surface area contributed by atoms with Crippen LogP contribution in [0.3, 0.4) is 0 Å². The van der Waals surface area contributed by atoms with Crippen LogP contribution in [-0.4, -0.2) is 38.4 Å². The zero-order valence-electron chi connectivity index (χ0n) is 11.6. The lowest BCUT2D eigenvalue weighted by Crippen LogP contribution is -2.47. The molecule has 17 heavy (non-hydrogen) atoms. The maximum Gasteiger partial charge on any atom is 0.229 e. The van der Waals surface area contributed by atoms with Crippen molar-refractivity contribution in [3.8, 4) is 0 Å². The fraction of sp³-hybridized carbons (Fsp3) is 0.917. The van der Waals surface area contributed by atoms with Crippen LogP contribution in [0.2, 0.25) is 0 Å². The quantitative estimate of drug-likeness (QED) is 0.670. The van der Waals surface area contributed by atoms with E-state index in [1.54, 1.807) is 11.8 Å². The second kappa shape index (κ2) is 6.07. The van der Waals surface area contributed by atoms with Crippen molar-refractivity contribution in [2.45, 2.75) is 58.1 Å². The molecule has 0 aliphatic carbocycles. The van der Waals surface area contributed by atoms with E-state index in [1.807, 2.05) is 41.5 Å². The zero-order valence-corrected chi connectivity index (χ0v) is 12.4. The van der Waals surface area contributed by atoms with Gasteiger partial charge in [-0.15, -0.1) is 0 Å². The molecule has 1 atom stereocenters. The molecule has 0 aliphatic rings. The number of aliphatic hydroxyl groups excluding tert-OH is 1. The molecule has 0 radical (unpaired) electrons. The lowest BCUT2D eigenvalue weighted by atomic mass is 10.1. The minimum absolute atomic E-state index is 0.00481.